The molecule has 6 heteroatoms. The van der Waals surface area contributed by atoms with Gasteiger partial charge in [0, 0.05) is 11.8 Å². The summed E-state index contributed by atoms with van der Waals surface area (Å²) in [5.74, 6) is -1.56. The zero-order valence-corrected chi connectivity index (χ0v) is 23.1. The minimum absolute atomic E-state index is 0.0848. The Kier molecular flexibility index (Phi) is 5.97. The predicted octanol–water partition coefficient (Wildman–Crippen LogP) is 4.44. The second kappa shape index (κ2) is 7.87. The molecular weight excluding hydrogens is 456 g/mol. The van der Waals surface area contributed by atoms with Crippen LogP contribution in [0.25, 0.3) is 0 Å². The molecular formula is C30H44O6. The first-order chi connectivity index (χ1) is 16.2. The van der Waals surface area contributed by atoms with Crippen molar-refractivity contribution in [1.29, 1.82) is 0 Å². The fourth-order valence-electron chi connectivity index (χ4n) is 8.81. The van der Waals surface area contributed by atoms with Crippen molar-refractivity contribution in [3.05, 3.63) is 35.6 Å². The highest BCUT2D eigenvalue weighted by molar-refractivity contribution is 6.01. The van der Waals surface area contributed by atoms with Crippen LogP contribution >= 0.6 is 0 Å². The first-order valence-corrected chi connectivity index (χ1v) is 13.3. The van der Waals surface area contributed by atoms with Crippen LogP contribution in [0.2, 0.25) is 0 Å². The summed E-state index contributed by atoms with van der Waals surface area (Å²) in [6.07, 6.45) is 8.35. The average molecular weight is 501 g/mol. The number of aliphatic hydroxyl groups excluding tert-OH is 2. The van der Waals surface area contributed by atoms with Gasteiger partial charge in [-0.25, -0.2) is 0 Å². The molecule has 200 valence electrons. The normalized spacial score (nSPS) is 43.7. The fraction of sp³-hybridized carbons (Fsp3) is 0.733. The lowest BCUT2D eigenvalue weighted by atomic mass is 9.39. The Hall–Kier alpha value is -1.76. The van der Waals surface area contributed by atoms with E-state index in [1.54, 1.807) is 19.9 Å². The molecule has 2 fully saturated rings. The third kappa shape index (κ3) is 3.54. The Morgan fingerprint density at radius 2 is 1.67 bits per heavy atom. The van der Waals surface area contributed by atoms with Crippen molar-refractivity contribution < 1.29 is 30.0 Å². The van der Waals surface area contributed by atoms with Gasteiger partial charge in [0.25, 0.3) is 0 Å². The summed E-state index contributed by atoms with van der Waals surface area (Å²) in [5.41, 5.74) is -3.83. The third-order valence-corrected chi connectivity index (χ3v) is 11.0. The van der Waals surface area contributed by atoms with Crippen LogP contribution in [-0.2, 0) is 9.59 Å². The zero-order valence-electron chi connectivity index (χ0n) is 23.1. The first-order valence-electron chi connectivity index (χ1n) is 13.3. The largest absolute Gasteiger partial charge is 0.505 e. The predicted molar refractivity (Wildman–Crippen MR) is 138 cm³/mol. The lowest BCUT2D eigenvalue weighted by Crippen LogP contribution is -2.61. The van der Waals surface area contributed by atoms with Gasteiger partial charge in [-0.2, -0.15) is 0 Å². The molecule has 2 saturated carbocycles. The van der Waals surface area contributed by atoms with Crippen LogP contribution in [0, 0.1) is 39.4 Å². The van der Waals surface area contributed by atoms with Crippen LogP contribution in [0.15, 0.2) is 35.6 Å². The van der Waals surface area contributed by atoms with Crippen molar-refractivity contribution >= 4 is 11.6 Å². The van der Waals surface area contributed by atoms with Gasteiger partial charge in [-0.1, -0.05) is 38.5 Å². The SMILES string of the molecule is CC(C)(O)/C=C/C(=O)[C@](C)(O)[C@H]1[C@H](O)C[C@@]2(C)[C@@H]3CC=C4[C@@H](C=C(O)C(=O)C4(C)C)[C@]3(C)CC[C@]12C. The molecule has 4 aliphatic rings. The van der Waals surface area contributed by atoms with E-state index in [-0.39, 0.29) is 34.2 Å². The monoisotopic (exact) mass is 500 g/mol. The molecule has 0 aromatic heterocycles. The molecule has 0 aromatic rings. The van der Waals surface area contributed by atoms with Gasteiger partial charge < -0.3 is 20.4 Å². The Labute approximate surface area is 215 Å². The Bertz CT molecular complexity index is 1070. The van der Waals surface area contributed by atoms with E-state index in [0.717, 1.165) is 18.4 Å². The smallest absolute Gasteiger partial charge is 0.206 e. The molecule has 0 unspecified atom stereocenters. The highest BCUT2D eigenvalue weighted by Crippen LogP contribution is 2.74. The van der Waals surface area contributed by atoms with Crippen molar-refractivity contribution in [1.82, 2.24) is 0 Å². The number of ketones is 2. The summed E-state index contributed by atoms with van der Waals surface area (Å²) in [6.45, 7) is 14.9. The maximum atomic E-state index is 13.2. The molecule has 8 atom stereocenters. The number of rotatable bonds is 4. The van der Waals surface area contributed by atoms with Crippen molar-refractivity contribution in [2.75, 3.05) is 0 Å². The van der Waals surface area contributed by atoms with Crippen molar-refractivity contribution in [2.24, 2.45) is 39.4 Å². The van der Waals surface area contributed by atoms with Gasteiger partial charge in [0.05, 0.1) is 17.1 Å². The zero-order chi connectivity index (χ0) is 27.3. The van der Waals surface area contributed by atoms with Crippen LogP contribution in [0.1, 0.15) is 81.1 Å². The van der Waals surface area contributed by atoms with E-state index < -0.39 is 39.8 Å². The summed E-state index contributed by atoms with van der Waals surface area (Å²) in [6, 6.07) is 0. The second-order valence-corrected chi connectivity index (χ2v) is 14.0. The number of carbonyl (C=O) groups excluding carboxylic acids is 2. The number of fused-ring (bicyclic) bond motifs is 5. The molecule has 4 aliphatic carbocycles. The van der Waals surface area contributed by atoms with Gasteiger partial charge in [-0.15, -0.1) is 0 Å². The number of carbonyl (C=O) groups is 2. The molecule has 4 rings (SSSR count). The van der Waals surface area contributed by atoms with E-state index in [0.29, 0.717) is 12.8 Å². The lowest BCUT2D eigenvalue weighted by molar-refractivity contribution is -0.170. The van der Waals surface area contributed by atoms with Gasteiger partial charge in [-0.05, 0) is 94.6 Å². The van der Waals surface area contributed by atoms with E-state index >= 15 is 0 Å². The van der Waals surface area contributed by atoms with E-state index in [9.17, 15) is 30.0 Å². The Balaban J connectivity index is 1.76. The Morgan fingerprint density at radius 3 is 2.25 bits per heavy atom. The van der Waals surface area contributed by atoms with Crippen molar-refractivity contribution in [3.63, 3.8) is 0 Å². The number of aliphatic hydroxyl groups is 4. The second-order valence-electron chi connectivity index (χ2n) is 14.0. The van der Waals surface area contributed by atoms with Crippen LogP contribution in [0.5, 0.6) is 0 Å². The minimum Gasteiger partial charge on any atom is -0.505 e. The molecule has 4 N–H and O–H groups in total. The molecule has 0 heterocycles. The number of hydrogen-bond acceptors (Lipinski definition) is 6. The molecule has 36 heavy (non-hydrogen) atoms. The summed E-state index contributed by atoms with van der Waals surface area (Å²) in [5, 5.41) is 43.6. The van der Waals surface area contributed by atoms with Crippen molar-refractivity contribution in [2.45, 2.75) is 98.4 Å². The highest BCUT2D eigenvalue weighted by Gasteiger charge is 2.72. The van der Waals surface area contributed by atoms with Gasteiger partial charge in [0.15, 0.2) is 11.5 Å². The van der Waals surface area contributed by atoms with Gasteiger partial charge in [0.1, 0.15) is 5.60 Å². The number of allylic oxidation sites excluding steroid dienone is 4. The topological polar surface area (TPSA) is 115 Å². The van der Waals surface area contributed by atoms with Crippen LogP contribution in [-0.4, -0.2) is 49.3 Å². The summed E-state index contributed by atoms with van der Waals surface area (Å²) in [7, 11) is 0. The lowest BCUT2D eigenvalue weighted by Gasteiger charge is -2.64. The molecule has 0 aliphatic heterocycles. The standard InChI is InChI=1S/C30H44O6/c1-25(2,35)12-11-22(33)30(8,36)23-20(32)16-29(7)21-10-9-17-18(15-19(31)24(34)26(17,3)4)27(21,5)13-14-28(23,29)6/h9,11-12,15,18,20-21,23,31-32,35-36H,10,13-14,16H2,1-8H3/b12-11+/t18-,20-,21-,23+,27+,28-,29+,30+/m1/s1. The summed E-state index contributed by atoms with van der Waals surface area (Å²) < 4.78 is 0. The van der Waals surface area contributed by atoms with Gasteiger partial charge >= 0.3 is 0 Å². The van der Waals surface area contributed by atoms with E-state index in [1.165, 1.54) is 19.1 Å². The summed E-state index contributed by atoms with van der Waals surface area (Å²) in [4.78, 5) is 26.0. The van der Waals surface area contributed by atoms with Crippen LogP contribution in [0.3, 0.4) is 0 Å². The first kappa shape index (κ1) is 27.3. The molecule has 6 nitrogen and oxygen atoms in total. The maximum Gasteiger partial charge on any atom is 0.206 e. The third-order valence-electron chi connectivity index (χ3n) is 11.0. The molecule has 0 bridgehead atoms. The van der Waals surface area contributed by atoms with E-state index in [1.807, 2.05) is 13.8 Å². The van der Waals surface area contributed by atoms with Crippen LogP contribution in [0.4, 0.5) is 0 Å². The average Bonchev–Trinajstić information content (AvgIpc) is 2.96. The van der Waals surface area contributed by atoms with Crippen molar-refractivity contribution in [3.8, 4) is 0 Å². The molecule has 0 spiro atoms. The molecule has 0 amide bonds. The summed E-state index contributed by atoms with van der Waals surface area (Å²) >= 11 is 0. The molecule has 0 aromatic carbocycles. The van der Waals surface area contributed by atoms with Gasteiger partial charge in [0.2, 0.25) is 5.78 Å². The highest BCUT2D eigenvalue weighted by atomic mass is 16.3. The fourth-order valence-corrected chi connectivity index (χ4v) is 8.81. The quantitative estimate of drug-likeness (QED) is 0.335. The van der Waals surface area contributed by atoms with Gasteiger partial charge in [-0.3, -0.25) is 9.59 Å². The molecule has 0 radical (unpaired) electrons. The van der Waals surface area contributed by atoms with Crippen LogP contribution < -0.4 is 0 Å². The number of Topliss-reactive ketones (excluding diaryl/α,β-unsaturated/α-hetero) is 1. The maximum absolute atomic E-state index is 13.2. The number of hydrogen-bond donors (Lipinski definition) is 4. The van der Waals surface area contributed by atoms with E-state index in [4.69, 9.17) is 0 Å². The molecule has 0 saturated heterocycles. The minimum atomic E-state index is -1.80. The van der Waals surface area contributed by atoms with E-state index in [2.05, 4.69) is 26.8 Å². The Morgan fingerprint density at radius 1 is 1.06 bits per heavy atom.